The van der Waals surface area contributed by atoms with Gasteiger partial charge in [0.15, 0.2) is 0 Å². The topological polar surface area (TPSA) is 38.8 Å². The van der Waals surface area contributed by atoms with E-state index in [4.69, 9.17) is 9.05 Å². The number of hydrogen-bond acceptors (Lipinski definition) is 4. The van der Waals surface area contributed by atoms with Crippen LogP contribution in [0.25, 0.3) is 0 Å². The second kappa shape index (κ2) is 8.26. The molecule has 1 aromatic carbocycles. The van der Waals surface area contributed by atoms with Crippen molar-refractivity contribution in [2.45, 2.75) is 45.8 Å². The Morgan fingerprint density at radius 3 is 2.09 bits per heavy atom. The van der Waals surface area contributed by atoms with Gasteiger partial charge >= 0.3 is 7.60 Å². The number of hydrogen-bond donors (Lipinski definition) is 0. The van der Waals surface area contributed by atoms with Crippen LogP contribution >= 0.6 is 7.60 Å². The molecule has 1 heterocycles. The first kappa shape index (κ1) is 17.7. The SMILES string of the molecule is CCOP(=O)(OCC)C(c1ccc(C)cc1)N1CCCCC1. The lowest BCUT2D eigenvalue weighted by Gasteiger charge is -2.38. The highest BCUT2D eigenvalue weighted by Crippen LogP contribution is 2.62. The van der Waals surface area contributed by atoms with E-state index in [1.165, 1.54) is 12.0 Å². The Morgan fingerprint density at radius 1 is 1.05 bits per heavy atom. The molecule has 1 unspecified atom stereocenters. The summed E-state index contributed by atoms with van der Waals surface area (Å²) in [6.45, 7) is 8.48. The van der Waals surface area contributed by atoms with Gasteiger partial charge in [-0.05, 0) is 52.3 Å². The Labute approximate surface area is 134 Å². The van der Waals surface area contributed by atoms with E-state index in [9.17, 15) is 4.57 Å². The molecule has 0 spiro atoms. The van der Waals surface area contributed by atoms with E-state index < -0.39 is 7.60 Å². The monoisotopic (exact) mass is 325 g/mol. The lowest BCUT2D eigenvalue weighted by Crippen LogP contribution is -2.34. The van der Waals surface area contributed by atoms with E-state index in [0.717, 1.165) is 31.5 Å². The normalized spacial score (nSPS) is 18.3. The van der Waals surface area contributed by atoms with Gasteiger partial charge in [-0.1, -0.05) is 36.2 Å². The van der Waals surface area contributed by atoms with Crippen molar-refractivity contribution in [2.24, 2.45) is 0 Å². The van der Waals surface area contributed by atoms with Crippen molar-refractivity contribution in [2.75, 3.05) is 26.3 Å². The zero-order valence-electron chi connectivity index (χ0n) is 14.0. The molecular formula is C17H28NO3P. The zero-order chi connectivity index (χ0) is 16.0. The third kappa shape index (κ3) is 4.20. The van der Waals surface area contributed by atoms with Crippen LogP contribution in [0.4, 0.5) is 0 Å². The second-order valence-corrected chi connectivity index (χ2v) is 7.84. The van der Waals surface area contributed by atoms with Gasteiger partial charge < -0.3 is 9.05 Å². The molecule has 22 heavy (non-hydrogen) atoms. The molecule has 1 aliphatic rings. The molecule has 1 aliphatic heterocycles. The average molecular weight is 325 g/mol. The summed E-state index contributed by atoms with van der Waals surface area (Å²) in [4.78, 5) is 2.28. The summed E-state index contributed by atoms with van der Waals surface area (Å²) >= 11 is 0. The molecule has 1 atom stereocenters. The third-order valence-corrected chi connectivity index (χ3v) is 6.49. The minimum absolute atomic E-state index is 0.298. The van der Waals surface area contributed by atoms with Crippen LogP contribution in [0, 0.1) is 6.92 Å². The molecule has 1 saturated heterocycles. The van der Waals surface area contributed by atoms with E-state index in [0.29, 0.717) is 13.2 Å². The molecule has 4 nitrogen and oxygen atoms in total. The molecular weight excluding hydrogens is 297 g/mol. The molecule has 1 fully saturated rings. The van der Waals surface area contributed by atoms with Crippen molar-refractivity contribution >= 4 is 7.60 Å². The lowest BCUT2D eigenvalue weighted by atomic mass is 10.1. The van der Waals surface area contributed by atoms with E-state index in [1.54, 1.807) is 0 Å². The molecule has 0 bridgehead atoms. The van der Waals surface area contributed by atoms with Crippen molar-refractivity contribution in [1.82, 2.24) is 4.90 Å². The molecule has 124 valence electrons. The van der Waals surface area contributed by atoms with Gasteiger partial charge in [0, 0.05) is 0 Å². The first-order chi connectivity index (χ1) is 10.6. The number of nitrogens with zero attached hydrogens (tertiary/aromatic N) is 1. The summed E-state index contributed by atoms with van der Waals surface area (Å²) in [6.07, 6.45) is 3.52. The summed E-state index contributed by atoms with van der Waals surface area (Å²) < 4.78 is 24.7. The highest BCUT2D eigenvalue weighted by molar-refractivity contribution is 7.54. The Hall–Kier alpha value is -0.670. The largest absolute Gasteiger partial charge is 0.352 e. The first-order valence-corrected chi connectivity index (χ1v) is 9.91. The summed E-state index contributed by atoms with van der Waals surface area (Å²) in [6, 6.07) is 8.24. The van der Waals surface area contributed by atoms with E-state index >= 15 is 0 Å². The summed E-state index contributed by atoms with van der Waals surface area (Å²) in [5.41, 5.74) is 2.22. The van der Waals surface area contributed by atoms with Crippen molar-refractivity contribution in [3.8, 4) is 0 Å². The smallest absolute Gasteiger partial charge is 0.308 e. The van der Waals surface area contributed by atoms with Gasteiger partial charge in [-0.15, -0.1) is 0 Å². The van der Waals surface area contributed by atoms with Crippen molar-refractivity contribution in [3.63, 3.8) is 0 Å². The van der Waals surface area contributed by atoms with E-state index in [-0.39, 0.29) is 5.78 Å². The average Bonchev–Trinajstić information content (AvgIpc) is 2.51. The van der Waals surface area contributed by atoms with Crippen LogP contribution in [0.1, 0.15) is 50.0 Å². The highest BCUT2D eigenvalue weighted by atomic mass is 31.2. The highest BCUT2D eigenvalue weighted by Gasteiger charge is 2.41. The van der Waals surface area contributed by atoms with Gasteiger partial charge in [-0.25, -0.2) is 0 Å². The predicted molar refractivity (Wildman–Crippen MR) is 90.2 cm³/mol. The Bertz CT molecular complexity index is 487. The van der Waals surface area contributed by atoms with Crippen LogP contribution in [-0.2, 0) is 13.6 Å². The molecule has 0 aromatic heterocycles. The standard InChI is InChI=1S/C17H28NO3P/c1-4-20-22(19,21-5-2)17(18-13-7-6-8-14-18)16-11-9-15(3)10-12-16/h9-12,17H,4-8,13-14H2,1-3H3. The van der Waals surface area contributed by atoms with E-state index in [2.05, 4.69) is 36.1 Å². The number of rotatable bonds is 7. The minimum Gasteiger partial charge on any atom is -0.308 e. The maximum atomic E-state index is 13.4. The summed E-state index contributed by atoms with van der Waals surface area (Å²) in [5.74, 6) is -0.298. The van der Waals surface area contributed by atoms with Gasteiger partial charge in [0.2, 0.25) is 0 Å². The number of likely N-dealkylation sites (tertiary alicyclic amines) is 1. The number of aryl methyl sites for hydroxylation is 1. The van der Waals surface area contributed by atoms with Gasteiger partial charge in [-0.3, -0.25) is 9.46 Å². The quantitative estimate of drug-likeness (QED) is 0.678. The molecule has 0 aliphatic carbocycles. The molecule has 0 radical (unpaired) electrons. The van der Waals surface area contributed by atoms with Crippen molar-refractivity contribution < 1.29 is 13.6 Å². The molecule has 0 N–H and O–H groups in total. The maximum absolute atomic E-state index is 13.4. The molecule has 1 aromatic rings. The van der Waals surface area contributed by atoms with Gasteiger partial charge in [-0.2, -0.15) is 0 Å². The fraction of sp³-hybridized carbons (Fsp3) is 0.647. The number of piperidine rings is 1. The van der Waals surface area contributed by atoms with Gasteiger partial charge in [0.25, 0.3) is 0 Å². The van der Waals surface area contributed by atoms with Crippen molar-refractivity contribution in [3.05, 3.63) is 35.4 Å². The van der Waals surface area contributed by atoms with Crippen molar-refractivity contribution in [1.29, 1.82) is 0 Å². The van der Waals surface area contributed by atoms with Crippen LogP contribution in [-0.4, -0.2) is 31.2 Å². The predicted octanol–water partition coefficient (Wildman–Crippen LogP) is 4.75. The fourth-order valence-corrected chi connectivity index (χ4v) is 5.28. The fourth-order valence-electron chi connectivity index (χ4n) is 3.03. The number of benzene rings is 1. The molecule has 5 heteroatoms. The Balaban J connectivity index is 2.38. The lowest BCUT2D eigenvalue weighted by molar-refractivity contribution is 0.147. The Morgan fingerprint density at radius 2 is 1.59 bits per heavy atom. The molecule has 0 amide bonds. The first-order valence-electron chi connectivity index (χ1n) is 8.30. The van der Waals surface area contributed by atoms with Gasteiger partial charge in [0.05, 0.1) is 13.2 Å². The van der Waals surface area contributed by atoms with Crippen LogP contribution < -0.4 is 0 Å². The maximum Gasteiger partial charge on any atom is 0.352 e. The molecule has 0 saturated carbocycles. The second-order valence-electron chi connectivity index (χ2n) is 5.76. The van der Waals surface area contributed by atoms with Gasteiger partial charge in [0.1, 0.15) is 5.78 Å². The third-order valence-electron chi connectivity index (χ3n) is 4.03. The van der Waals surface area contributed by atoms with Crippen LogP contribution in [0.2, 0.25) is 0 Å². The van der Waals surface area contributed by atoms with E-state index in [1.807, 2.05) is 13.8 Å². The summed E-state index contributed by atoms with van der Waals surface area (Å²) in [7, 11) is -3.21. The zero-order valence-corrected chi connectivity index (χ0v) is 14.9. The van der Waals surface area contributed by atoms with Crippen LogP contribution in [0.5, 0.6) is 0 Å². The minimum atomic E-state index is -3.21. The van der Waals surface area contributed by atoms with Crippen LogP contribution in [0.15, 0.2) is 24.3 Å². The molecule has 2 rings (SSSR count). The van der Waals surface area contributed by atoms with Crippen LogP contribution in [0.3, 0.4) is 0 Å². The summed E-state index contributed by atoms with van der Waals surface area (Å²) in [5, 5.41) is 0. The Kier molecular flexibility index (Phi) is 6.64.